The van der Waals surface area contributed by atoms with E-state index in [0.717, 1.165) is 25.0 Å². The summed E-state index contributed by atoms with van der Waals surface area (Å²) >= 11 is 15.4. The molecule has 1 saturated heterocycles. The third kappa shape index (κ3) is 3.84. The van der Waals surface area contributed by atoms with Crippen LogP contribution in [0.1, 0.15) is 12.5 Å². The van der Waals surface area contributed by atoms with Gasteiger partial charge in [-0.15, -0.1) is 0 Å². The minimum Gasteiger partial charge on any atom is -0.372 e. The number of hydrogen-bond acceptors (Lipinski definition) is 2. The molecule has 0 aliphatic carbocycles. The Morgan fingerprint density at radius 2 is 2.11 bits per heavy atom. The Labute approximate surface area is 126 Å². The first kappa shape index (κ1) is 14.6. The van der Waals surface area contributed by atoms with Crippen molar-refractivity contribution < 1.29 is 4.74 Å². The number of nitrogens with zero attached hydrogens (tertiary/aromatic N) is 1. The van der Waals surface area contributed by atoms with Crippen LogP contribution in [0.3, 0.4) is 0 Å². The van der Waals surface area contributed by atoms with Crippen LogP contribution >= 0.6 is 39.1 Å². The van der Waals surface area contributed by atoms with E-state index in [0.29, 0.717) is 10.0 Å². The highest BCUT2D eigenvalue weighted by Gasteiger charge is 2.24. The number of hydrogen-bond donors (Lipinski definition) is 0. The molecule has 100 valence electrons. The lowest BCUT2D eigenvalue weighted by Crippen LogP contribution is -2.46. The molecule has 1 heterocycles. The Hall–Kier alpha value is 0.200. The van der Waals surface area contributed by atoms with Gasteiger partial charge in [-0.1, -0.05) is 45.2 Å². The van der Waals surface area contributed by atoms with E-state index in [1.807, 2.05) is 18.2 Å². The fraction of sp³-hybridized carbons (Fsp3) is 0.538. The van der Waals surface area contributed by atoms with Crippen LogP contribution < -0.4 is 0 Å². The molecule has 0 radical (unpaired) electrons. The van der Waals surface area contributed by atoms with Crippen molar-refractivity contribution in [2.45, 2.75) is 25.7 Å². The molecule has 1 aliphatic rings. The molecule has 2 rings (SSSR count). The van der Waals surface area contributed by atoms with Crippen molar-refractivity contribution in [2.24, 2.45) is 0 Å². The molecule has 0 spiro atoms. The average molecular weight is 353 g/mol. The second-order valence-corrected chi connectivity index (χ2v) is 6.13. The van der Waals surface area contributed by atoms with E-state index in [4.69, 9.17) is 27.9 Å². The van der Waals surface area contributed by atoms with Gasteiger partial charge in [0, 0.05) is 25.0 Å². The second kappa shape index (κ2) is 6.58. The molecular weight excluding hydrogens is 337 g/mol. The van der Waals surface area contributed by atoms with Gasteiger partial charge in [0.25, 0.3) is 0 Å². The maximum absolute atomic E-state index is 6.03. The molecule has 5 heteroatoms. The Morgan fingerprint density at radius 1 is 1.33 bits per heavy atom. The summed E-state index contributed by atoms with van der Waals surface area (Å²) in [5.41, 5.74) is 1.19. The van der Waals surface area contributed by atoms with Gasteiger partial charge in [0.1, 0.15) is 0 Å². The lowest BCUT2D eigenvalue weighted by Gasteiger charge is -2.36. The third-order valence-corrected chi connectivity index (χ3v) is 4.43. The minimum atomic E-state index is 0.261. The van der Waals surface area contributed by atoms with Crippen molar-refractivity contribution in [1.29, 1.82) is 0 Å². The normalized spacial score (nSPS) is 25.3. The molecule has 0 saturated carbocycles. The smallest absolute Gasteiger partial charge is 0.0802 e. The SMILES string of the molecule is CC1CN(Cc2ccc(Cl)c(Cl)c2)CC(CBr)O1. The summed E-state index contributed by atoms with van der Waals surface area (Å²) in [5, 5.41) is 2.09. The molecule has 2 nitrogen and oxygen atoms in total. The summed E-state index contributed by atoms with van der Waals surface area (Å²) in [5.74, 6) is 0. The van der Waals surface area contributed by atoms with Crippen LogP contribution in [0.25, 0.3) is 0 Å². The van der Waals surface area contributed by atoms with Crippen LogP contribution in [0.15, 0.2) is 18.2 Å². The molecule has 0 N–H and O–H groups in total. The molecule has 1 aliphatic heterocycles. The molecule has 1 fully saturated rings. The van der Waals surface area contributed by atoms with Gasteiger partial charge in [-0.05, 0) is 24.6 Å². The maximum Gasteiger partial charge on any atom is 0.0802 e. The van der Waals surface area contributed by atoms with Crippen LogP contribution in [-0.2, 0) is 11.3 Å². The first-order chi connectivity index (χ1) is 8.58. The van der Waals surface area contributed by atoms with E-state index in [2.05, 4.69) is 27.8 Å². The Balaban J connectivity index is 2.01. The second-order valence-electron chi connectivity index (χ2n) is 4.67. The first-order valence-corrected chi connectivity index (χ1v) is 7.84. The maximum atomic E-state index is 6.03. The van der Waals surface area contributed by atoms with Gasteiger partial charge in [0.05, 0.1) is 22.3 Å². The van der Waals surface area contributed by atoms with Crippen LogP contribution in [0.5, 0.6) is 0 Å². The average Bonchev–Trinajstić information content (AvgIpc) is 2.33. The van der Waals surface area contributed by atoms with Crippen LogP contribution in [-0.4, -0.2) is 35.5 Å². The van der Waals surface area contributed by atoms with Crippen molar-refractivity contribution in [3.8, 4) is 0 Å². The zero-order valence-electron chi connectivity index (χ0n) is 10.2. The van der Waals surface area contributed by atoms with Crippen molar-refractivity contribution >= 4 is 39.1 Å². The first-order valence-electron chi connectivity index (χ1n) is 5.96. The standard InChI is InChI=1S/C13H16BrCl2NO/c1-9-6-17(8-11(5-14)18-9)7-10-2-3-12(15)13(16)4-10/h2-4,9,11H,5-8H2,1H3. The molecule has 1 aromatic carbocycles. The van der Waals surface area contributed by atoms with E-state index in [1.54, 1.807) is 0 Å². The van der Waals surface area contributed by atoms with Gasteiger partial charge >= 0.3 is 0 Å². The summed E-state index contributed by atoms with van der Waals surface area (Å²) in [7, 11) is 0. The van der Waals surface area contributed by atoms with E-state index in [9.17, 15) is 0 Å². The van der Waals surface area contributed by atoms with Crippen molar-refractivity contribution in [3.63, 3.8) is 0 Å². The van der Waals surface area contributed by atoms with E-state index in [-0.39, 0.29) is 12.2 Å². The Bertz CT molecular complexity index is 416. The number of benzene rings is 1. The highest BCUT2D eigenvalue weighted by Crippen LogP contribution is 2.24. The molecular formula is C13H16BrCl2NO. The number of alkyl halides is 1. The summed E-state index contributed by atoms with van der Waals surface area (Å²) in [6.07, 6.45) is 0.528. The van der Waals surface area contributed by atoms with Gasteiger partial charge < -0.3 is 4.74 Å². The van der Waals surface area contributed by atoms with Crippen molar-refractivity contribution in [2.75, 3.05) is 18.4 Å². The molecule has 2 atom stereocenters. The zero-order chi connectivity index (χ0) is 13.1. The van der Waals surface area contributed by atoms with Crippen molar-refractivity contribution in [3.05, 3.63) is 33.8 Å². The van der Waals surface area contributed by atoms with Gasteiger partial charge in [-0.2, -0.15) is 0 Å². The molecule has 0 aromatic heterocycles. The Morgan fingerprint density at radius 3 is 2.78 bits per heavy atom. The van der Waals surface area contributed by atoms with Gasteiger partial charge in [0.15, 0.2) is 0 Å². The minimum absolute atomic E-state index is 0.261. The topological polar surface area (TPSA) is 12.5 Å². The van der Waals surface area contributed by atoms with Crippen LogP contribution in [0.2, 0.25) is 10.0 Å². The van der Waals surface area contributed by atoms with Gasteiger partial charge in [-0.25, -0.2) is 0 Å². The number of morpholine rings is 1. The molecule has 2 unspecified atom stereocenters. The highest BCUT2D eigenvalue weighted by atomic mass is 79.9. The lowest BCUT2D eigenvalue weighted by molar-refractivity contribution is -0.0677. The molecule has 0 bridgehead atoms. The predicted octanol–water partition coefficient (Wildman–Crippen LogP) is 3.98. The van der Waals surface area contributed by atoms with Gasteiger partial charge in [-0.3, -0.25) is 4.90 Å². The molecule has 1 aromatic rings. The number of halogens is 3. The summed E-state index contributed by atoms with van der Waals surface area (Å²) in [6, 6.07) is 5.82. The fourth-order valence-electron chi connectivity index (χ4n) is 2.25. The summed E-state index contributed by atoms with van der Waals surface area (Å²) in [4.78, 5) is 2.39. The van der Waals surface area contributed by atoms with Crippen LogP contribution in [0, 0.1) is 0 Å². The Kier molecular flexibility index (Phi) is 5.34. The van der Waals surface area contributed by atoms with E-state index >= 15 is 0 Å². The van der Waals surface area contributed by atoms with E-state index in [1.165, 1.54) is 5.56 Å². The summed E-state index contributed by atoms with van der Waals surface area (Å²) < 4.78 is 5.81. The molecule has 18 heavy (non-hydrogen) atoms. The van der Waals surface area contributed by atoms with Crippen LogP contribution in [0.4, 0.5) is 0 Å². The quantitative estimate of drug-likeness (QED) is 0.763. The number of rotatable bonds is 3. The molecule has 0 amide bonds. The predicted molar refractivity (Wildman–Crippen MR) is 79.9 cm³/mol. The lowest BCUT2D eigenvalue weighted by atomic mass is 10.1. The number of ether oxygens (including phenoxy) is 1. The van der Waals surface area contributed by atoms with Crippen molar-refractivity contribution in [1.82, 2.24) is 4.90 Å². The monoisotopic (exact) mass is 351 g/mol. The zero-order valence-corrected chi connectivity index (χ0v) is 13.3. The highest BCUT2D eigenvalue weighted by molar-refractivity contribution is 9.09. The van der Waals surface area contributed by atoms with Gasteiger partial charge in [0.2, 0.25) is 0 Å². The summed E-state index contributed by atoms with van der Waals surface area (Å²) in [6.45, 7) is 4.88. The fourth-order valence-corrected chi connectivity index (χ4v) is 2.93. The van der Waals surface area contributed by atoms with E-state index < -0.39 is 0 Å². The third-order valence-electron chi connectivity index (χ3n) is 2.96. The largest absolute Gasteiger partial charge is 0.372 e.